The van der Waals surface area contributed by atoms with Crippen molar-refractivity contribution in [3.63, 3.8) is 0 Å². The van der Waals surface area contributed by atoms with Gasteiger partial charge in [-0.2, -0.15) is 0 Å². The molecule has 2 atom stereocenters. The molecule has 30 heavy (non-hydrogen) atoms. The number of hydrogen-bond donors (Lipinski definition) is 1. The van der Waals surface area contributed by atoms with Gasteiger partial charge in [0.2, 0.25) is 0 Å². The third-order valence-electron chi connectivity index (χ3n) is 5.80. The highest BCUT2D eigenvalue weighted by Gasteiger charge is 2.45. The average Bonchev–Trinajstić information content (AvgIpc) is 2.77. The Morgan fingerprint density at radius 3 is 1.93 bits per heavy atom. The van der Waals surface area contributed by atoms with Gasteiger partial charge in [-0.05, 0) is 37.8 Å². The van der Waals surface area contributed by atoms with Crippen molar-refractivity contribution in [3.05, 3.63) is 71.8 Å². The van der Waals surface area contributed by atoms with Crippen molar-refractivity contribution >= 4 is 11.9 Å². The normalized spacial score (nSPS) is 14.4. The van der Waals surface area contributed by atoms with Gasteiger partial charge < -0.3 is 14.6 Å². The van der Waals surface area contributed by atoms with E-state index in [1.54, 1.807) is 0 Å². The number of ether oxygens (including phenoxy) is 2. The van der Waals surface area contributed by atoms with Gasteiger partial charge in [0.15, 0.2) is 5.60 Å². The van der Waals surface area contributed by atoms with Gasteiger partial charge in [-0.25, -0.2) is 4.79 Å². The fourth-order valence-corrected chi connectivity index (χ4v) is 3.23. The Bertz CT molecular complexity index is 810. The number of benzene rings is 2. The topological polar surface area (TPSA) is 72.8 Å². The molecule has 0 saturated carbocycles. The van der Waals surface area contributed by atoms with Gasteiger partial charge in [0.05, 0.1) is 5.92 Å². The summed E-state index contributed by atoms with van der Waals surface area (Å²) in [5, 5.41) is 10.8. The molecule has 0 aliphatic rings. The Morgan fingerprint density at radius 2 is 1.43 bits per heavy atom. The molecule has 5 nitrogen and oxygen atoms in total. The first-order valence-corrected chi connectivity index (χ1v) is 10.4. The van der Waals surface area contributed by atoms with Crippen LogP contribution in [0.15, 0.2) is 60.7 Å². The van der Waals surface area contributed by atoms with Crippen molar-refractivity contribution in [2.24, 2.45) is 5.92 Å². The second kappa shape index (κ2) is 10.4. The van der Waals surface area contributed by atoms with Crippen molar-refractivity contribution < 1.29 is 24.2 Å². The molecule has 162 valence electrons. The number of esters is 2. The number of hydrogen-bond acceptors (Lipinski definition) is 5. The van der Waals surface area contributed by atoms with Gasteiger partial charge in [-0.3, -0.25) is 4.79 Å². The molecule has 5 heteroatoms. The van der Waals surface area contributed by atoms with Crippen molar-refractivity contribution in [2.45, 2.75) is 64.8 Å². The summed E-state index contributed by atoms with van der Waals surface area (Å²) in [6, 6.07) is 19.0. The number of rotatable bonds is 10. The predicted molar refractivity (Wildman–Crippen MR) is 116 cm³/mol. The fraction of sp³-hybridized carbons (Fsp3) is 0.440. The fourth-order valence-electron chi connectivity index (χ4n) is 3.23. The number of carbonyl (C=O) groups excluding carboxylic acids is 2. The van der Waals surface area contributed by atoms with E-state index in [1.165, 1.54) is 13.8 Å². The summed E-state index contributed by atoms with van der Waals surface area (Å²) < 4.78 is 11.1. The molecule has 0 radical (unpaired) electrons. The molecular weight excluding hydrogens is 380 g/mol. The zero-order chi connectivity index (χ0) is 22.2. The van der Waals surface area contributed by atoms with Gasteiger partial charge in [-0.1, -0.05) is 74.5 Å². The lowest BCUT2D eigenvalue weighted by Gasteiger charge is -2.35. The summed E-state index contributed by atoms with van der Waals surface area (Å²) in [5.74, 6) is -2.54. The minimum absolute atomic E-state index is 0.0272. The summed E-state index contributed by atoms with van der Waals surface area (Å²) in [6.45, 7) is 6.75. The molecule has 0 aromatic heterocycles. The second-order valence-electron chi connectivity index (χ2n) is 7.90. The molecule has 0 saturated heterocycles. The highest BCUT2D eigenvalue weighted by molar-refractivity contribution is 5.87. The maximum absolute atomic E-state index is 12.9. The van der Waals surface area contributed by atoms with Gasteiger partial charge in [0.25, 0.3) is 0 Å². The van der Waals surface area contributed by atoms with E-state index >= 15 is 0 Å². The van der Waals surface area contributed by atoms with Crippen LogP contribution in [-0.2, 0) is 32.1 Å². The maximum atomic E-state index is 12.9. The van der Waals surface area contributed by atoms with Crippen LogP contribution in [0.3, 0.4) is 0 Å². The van der Waals surface area contributed by atoms with Crippen LogP contribution in [-0.4, -0.2) is 28.2 Å². The number of aliphatic hydroxyl groups is 1. The van der Waals surface area contributed by atoms with E-state index in [0.29, 0.717) is 19.3 Å². The molecule has 0 fully saturated rings. The molecule has 0 heterocycles. The molecule has 0 spiro atoms. The Morgan fingerprint density at radius 1 is 0.933 bits per heavy atom. The lowest BCUT2D eigenvalue weighted by Crippen LogP contribution is -2.49. The van der Waals surface area contributed by atoms with E-state index in [0.717, 1.165) is 11.1 Å². The predicted octanol–water partition coefficient (Wildman–Crippen LogP) is 4.46. The Hall–Kier alpha value is -2.66. The zero-order valence-electron chi connectivity index (χ0n) is 18.3. The van der Waals surface area contributed by atoms with Crippen molar-refractivity contribution in [1.29, 1.82) is 0 Å². The molecule has 0 aliphatic carbocycles. The first-order valence-electron chi connectivity index (χ1n) is 10.4. The van der Waals surface area contributed by atoms with Crippen molar-refractivity contribution in [1.82, 2.24) is 0 Å². The standard InChI is InChI=1S/C25H32O5/c1-5-25(6-2,17-20-13-9-7-10-14-20)30-22(26)19(3)24(4,28)23(27)29-18-21-15-11-8-12-16-21/h7-16,19,28H,5-6,17-18H2,1-4H3/t19-,24?/m0/s1. The van der Waals surface area contributed by atoms with Crippen LogP contribution in [0.5, 0.6) is 0 Å². The van der Waals surface area contributed by atoms with Gasteiger partial charge in [0.1, 0.15) is 12.2 Å². The lowest BCUT2D eigenvalue weighted by atomic mass is 9.87. The largest absolute Gasteiger partial charge is 0.459 e. The van der Waals surface area contributed by atoms with Crippen LogP contribution >= 0.6 is 0 Å². The minimum atomic E-state index is -1.99. The molecule has 2 rings (SSSR count). The molecule has 2 aromatic carbocycles. The molecule has 2 aromatic rings. The molecule has 0 aliphatic heterocycles. The summed E-state index contributed by atoms with van der Waals surface area (Å²) in [4.78, 5) is 25.4. The van der Waals surface area contributed by atoms with Crippen LogP contribution in [0, 0.1) is 5.92 Å². The summed E-state index contributed by atoms with van der Waals surface area (Å²) in [6.07, 6.45) is 1.81. The second-order valence-corrected chi connectivity index (χ2v) is 7.90. The SMILES string of the molecule is CCC(CC)(Cc1ccccc1)OC(=O)[C@H](C)C(C)(O)C(=O)OCc1ccccc1. The molecule has 0 bridgehead atoms. The molecular formula is C25H32O5. The summed E-state index contributed by atoms with van der Waals surface area (Å²) in [7, 11) is 0. The molecule has 0 amide bonds. The first kappa shape index (κ1) is 23.6. The Labute approximate surface area is 179 Å². The molecule has 1 N–H and O–H groups in total. The van der Waals surface area contributed by atoms with Crippen LogP contribution in [0.1, 0.15) is 51.7 Å². The summed E-state index contributed by atoms with van der Waals surface area (Å²) in [5.41, 5.74) is -0.825. The summed E-state index contributed by atoms with van der Waals surface area (Å²) >= 11 is 0. The highest BCUT2D eigenvalue weighted by Crippen LogP contribution is 2.30. The monoisotopic (exact) mass is 412 g/mol. The number of carbonyl (C=O) groups is 2. The Balaban J connectivity index is 2.06. The van der Waals surface area contributed by atoms with Crippen LogP contribution in [0.2, 0.25) is 0 Å². The Kier molecular flexibility index (Phi) is 8.18. The molecule has 1 unspecified atom stereocenters. The van der Waals surface area contributed by atoms with E-state index in [1.807, 2.05) is 74.5 Å². The van der Waals surface area contributed by atoms with E-state index in [-0.39, 0.29) is 6.61 Å². The van der Waals surface area contributed by atoms with Crippen LogP contribution in [0.4, 0.5) is 0 Å². The van der Waals surface area contributed by atoms with E-state index < -0.39 is 29.1 Å². The quantitative estimate of drug-likeness (QED) is 0.583. The minimum Gasteiger partial charge on any atom is -0.459 e. The van der Waals surface area contributed by atoms with Crippen molar-refractivity contribution in [3.8, 4) is 0 Å². The van der Waals surface area contributed by atoms with Crippen LogP contribution in [0.25, 0.3) is 0 Å². The van der Waals surface area contributed by atoms with Crippen LogP contribution < -0.4 is 0 Å². The average molecular weight is 413 g/mol. The zero-order valence-corrected chi connectivity index (χ0v) is 18.3. The smallest absolute Gasteiger partial charge is 0.339 e. The lowest BCUT2D eigenvalue weighted by molar-refractivity contribution is -0.186. The third kappa shape index (κ3) is 5.92. The van der Waals surface area contributed by atoms with E-state index in [4.69, 9.17) is 9.47 Å². The van der Waals surface area contributed by atoms with E-state index in [9.17, 15) is 14.7 Å². The van der Waals surface area contributed by atoms with E-state index in [2.05, 4.69) is 0 Å². The third-order valence-corrected chi connectivity index (χ3v) is 5.80. The maximum Gasteiger partial charge on any atom is 0.339 e. The van der Waals surface area contributed by atoms with Gasteiger partial charge >= 0.3 is 11.9 Å². The van der Waals surface area contributed by atoms with Crippen molar-refractivity contribution in [2.75, 3.05) is 0 Å². The van der Waals surface area contributed by atoms with Gasteiger partial charge in [-0.15, -0.1) is 0 Å². The first-order chi connectivity index (χ1) is 14.2. The van der Waals surface area contributed by atoms with Gasteiger partial charge in [0, 0.05) is 6.42 Å². The highest BCUT2D eigenvalue weighted by atomic mass is 16.6.